The summed E-state index contributed by atoms with van der Waals surface area (Å²) in [6.45, 7) is 3.50. The van der Waals surface area contributed by atoms with Crippen LogP contribution in [-0.2, 0) is 0 Å². The number of carbonyl (C=O) groups is 1. The molecule has 59 valence electrons. The molecule has 0 atom stereocenters. The van der Waals surface area contributed by atoms with E-state index in [0.717, 1.165) is 0 Å². The van der Waals surface area contributed by atoms with Gasteiger partial charge in [-0.3, -0.25) is 9.78 Å². The second-order valence-corrected chi connectivity index (χ2v) is 2.19. The lowest BCUT2D eigenvalue weighted by molar-refractivity contribution is 0.0999. The highest BCUT2D eigenvalue weighted by atomic mass is 16.1. The van der Waals surface area contributed by atoms with Crippen LogP contribution in [0.15, 0.2) is 12.3 Å². The summed E-state index contributed by atoms with van der Waals surface area (Å²) < 4.78 is 0. The maximum atomic E-state index is 10.7. The molecule has 4 heteroatoms. The van der Waals surface area contributed by atoms with Crippen molar-refractivity contribution in [1.82, 2.24) is 4.98 Å². The Morgan fingerprint density at radius 3 is 2.92 bits per heavy atom. The van der Waals surface area contributed by atoms with E-state index in [0.29, 0.717) is 11.3 Å². The molecule has 0 aliphatic heterocycles. The van der Waals surface area contributed by atoms with Crippen LogP contribution in [0.25, 0.3) is 0 Å². The number of pyridine rings is 1. The topological polar surface area (TPSA) is 79.8 Å². The fourth-order valence-corrected chi connectivity index (χ4v) is 0.768. The molecule has 0 saturated carbocycles. The molecule has 1 heterocycles. The Balaban J connectivity index is 3.28. The minimum atomic E-state index is -0.621. The highest BCUT2D eigenvalue weighted by Gasteiger charge is 2.06. The summed E-state index contributed by atoms with van der Waals surface area (Å²) in [4.78, 5) is 14.5. The van der Waals surface area contributed by atoms with Gasteiger partial charge in [0.05, 0.1) is 16.8 Å². The Bertz CT molecular complexity index is 365. The number of rotatable bonds is 1. The van der Waals surface area contributed by atoms with Gasteiger partial charge >= 0.3 is 0 Å². The third-order valence-corrected chi connectivity index (χ3v) is 1.36. The van der Waals surface area contributed by atoms with Gasteiger partial charge in [0.2, 0.25) is 0 Å². The second-order valence-electron chi connectivity index (χ2n) is 2.19. The average molecular weight is 160 g/mol. The zero-order valence-corrected chi connectivity index (χ0v) is 6.24. The zero-order valence-electron chi connectivity index (χ0n) is 6.24. The first-order valence-electron chi connectivity index (χ1n) is 3.17. The van der Waals surface area contributed by atoms with Crippen molar-refractivity contribution in [3.8, 4) is 6.07 Å². The smallest absolute Gasteiger partial charge is 0.250 e. The van der Waals surface area contributed by atoms with Crippen molar-refractivity contribution >= 4 is 5.91 Å². The van der Waals surface area contributed by atoms with Gasteiger partial charge in [0.1, 0.15) is 6.07 Å². The van der Waals surface area contributed by atoms with E-state index in [9.17, 15) is 4.79 Å². The monoisotopic (exact) mass is 160 g/mol. The van der Waals surface area contributed by atoms with Crippen LogP contribution in [0, 0.1) is 18.3 Å². The lowest BCUT2D eigenvalue weighted by Crippen LogP contribution is -2.13. The van der Waals surface area contributed by atoms with Crippen LogP contribution in [0.2, 0.25) is 0 Å². The van der Waals surface area contributed by atoms with E-state index >= 15 is 0 Å². The van der Waals surface area contributed by atoms with Crippen LogP contribution >= 0.6 is 0 Å². The highest BCUT2D eigenvalue weighted by Crippen LogP contribution is 2.05. The molecule has 0 fully saturated rings. The number of nitrogens with zero attached hydrogens (tertiary/aromatic N) is 2. The summed E-state index contributed by atoms with van der Waals surface area (Å²) in [6, 6.07) is 3.22. The van der Waals surface area contributed by atoms with Gasteiger partial charge in [-0.25, -0.2) is 0 Å². The predicted octanol–water partition coefficient (Wildman–Crippen LogP) is 0.234. The molecule has 1 aromatic heterocycles. The van der Waals surface area contributed by atoms with Crippen molar-refractivity contribution in [2.75, 3.05) is 0 Å². The average Bonchev–Trinajstić information content (AvgIpc) is 2.05. The minimum absolute atomic E-state index is 0.189. The van der Waals surface area contributed by atoms with Gasteiger partial charge in [0, 0.05) is 6.20 Å². The van der Waals surface area contributed by atoms with Crippen LogP contribution in [0.1, 0.15) is 21.6 Å². The second kappa shape index (κ2) is 3.01. The first-order valence-corrected chi connectivity index (χ1v) is 3.17. The molecular weight excluding hydrogens is 154 g/mol. The van der Waals surface area contributed by atoms with Gasteiger partial charge in [-0.05, 0) is 13.0 Å². The van der Waals surface area contributed by atoms with Crippen molar-refractivity contribution in [3.05, 3.63) is 36.0 Å². The van der Waals surface area contributed by atoms with Gasteiger partial charge in [0.25, 0.3) is 5.91 Å². The van der Waals surface area contributed by atoms with Crippen LogP contribution in [0.4, 0.5) is 0 Å². The van der Waals surface area contributed by atoms with Gasteiger partial charge in [-0.15, -0.1) is 0 Å². The number of nitriles is 1. The number of hydrogen-bond donors (Lipinski definition) is 1. The molecule has 0 aliphatic carbocycles. The molecule has 0 aliphatic rings. The Labute approximate surface area is 69.6 Å². The SMILES string of the molecule is [CH2]c1ncc(C#N)cc1C(N)=O. The Kier molecular flexibility index (Phi) is 2.06. The number of amides is 1. The molecule has 0 saturated heterocycles. The molecule has 2 N–H and O–H groups in total. The van der Waals surface area contributed by atoms with E-state index in [1.165, 1.54) is 12.3 Å². The van der Waals surface area contributed by atoms with E-state index in [4.69, 9.17) is 11.0 Å². The number of aromatic nitrogens is 1. The highest BCUT2D eigenvalue weighted by molar-refractivity contribution is 5.94. The van der Waals surface area contributed by atoms with E-state index in [1.54, 1.807) is 0 Å². The fourth-order valence-electron chi connectivity index (χ4n) is 0.768. The molecule has 0 aromatic carbocycles. The van der Waals surface area contributed by atoms with E-state index < -0.39 is 5.91 Å². The third kappa shape index (κ3) is 1.40. The zero-order chi connectivity index (χ0) is 9.14. The summed E-state index contributed by atoms with van der Waals surface area (Å²) >= 11 is 0. The summed E-state index contributed by atoms with van der Waals surface area (Å²) in [5.74, 6) is -0.621. The third-order valence-electron chi connectivity index (χ3n) is 1.36. The van der Waals surface area contributed by atoms with Crippen molar-refractivity contribution in [2.24, 2.45) is 5.73 Å². The molecule has 0 spiro atoms. The van der Waals surface area contributed by atoms with Crippen LogP contribution < -0.4 is 5.73 Å². The van der Waals surface area contributed by atoms with Crippen LogP contribution in [-0.4, -0.2) is 10.9 Å². The van der Waals surface area contributed by atoms with Gasteiger partial charge in [0.15, 0.2) is 0 Å². The Morgan fingerprint density at radius 1 is 1.75 bits per heavy atom. The first-order chi connectivity index (χ1) is 5.65. The van der Waals surface area contributed by atoms with Crippen molar-refractivity contribution in [2.45, 2.75) is 0 Å². The first kappa shape index (κ1) is 8.21. The normalized spacial score (nSPS) is 9.00. The number of primary amides is 1. The molecule has 12 heavy (non-hydrogen) atoms. The van der Waals surface area contributed by atoms with Crippen LogP contribution in [0.3, 0.4) is 0 Å². The molecule has 0 unspecified atom stereocenters. The molecular formula is C8H6N3O. The maximum Gasteiger partial charge on any atom is 0.250 e. The van der Waals surface area contributed by atoms with Crippen LogP contribution in [0.5, 0.6) is 0 Å². The predicted molar refractivity (Wildman–Crippen MR) is 41.9 cm³/mol. The van der Waals surface area contributed by atoms with Gasteiger partial charge in [-0.1, -0.05) is 0 Å². The quantitative estimate of drug-likeness (QED) is 0.638. The summed E-state index contributed by atoms with van der Waals surface area (Å²) in [5.41, 5.74) is 5.79. The molecule has 0 bridgehead atoms. The molecule has 1 radical (unpaired) electrons. The van der Waals surface area contributed by atoms with Crippen molar-refractivity contribution in [3.63, 3.8) is 0 Å². The molecule has 1 aromatic rings. The minimum Gasteiger partial charge on any atom is -0.366 e. The Morgan fingerprint density at radius 2 is 2.42 bits per heavy atom. The number of nitrogens with two attached hydrogens (primary N) is 1. The van der Waals surface area contributed by atoms with Gasteiger partial charge in [-0.2, -0.15) is 5.26 Å². The summed E-state index contributed by atoms with van der Waals surface area (Å²) in [6.07, 6.45) is 1.34. The maximum absolute atomic E-state index is 10.7. The summed E-state index contributed by atoms with van der Waals surface area (Å²) in [5, 5.41) is 8.47. The molecule has 4 nitrogen and oxygen atoms in total. The molecule has 1 rings (SSSR count). The van der Waals surface area contributed by atoms with E-state index in [-0.39, 0.29) is 5.56 Å². The van der Waals surface area contributed by atoms with E-state index in [2.05, 4.69) is 11.9 Å². The fraction of sp³-hybridized carbons (Fsp3) is 0. The van der Waals surface area contributed by atoms with Crippen molar-refractivity contribution < 1.29 is 4.79 Å². The lowest BCUT2D eigenvalue weighted by atomic mass is 10.1. The van der Waals surface area contributed by atoms with Gasteiger partial charge < -0.3 is 5.73 Å². The standard InChI is InChI=1S/C8H6N3O/c1-5-7(8(10)12)2-6(3-9)4-11-5/h2,4H,1H2,(H2,10,12). The van der Waals surface area contributed by atoms with Crippen molar-refractivity contribution in [1.29, 1.82) is 5.26 Å². The lowest BCUT2D eigenvalue weighted by Gasteiger charge is -1.98. The summed E-state index contributed by atoms with van der Waals surface area (Å²) in [7, 11) is 0. The number of carbonyl (C=O) groups excluding carboxylic acids is 1. The Hall–Kier alpha value is -1.89. The largest absolute Gasteiger partial charge is 0.366 e. The molecule has 1 amide bonds. The number of hydrogen-bond acceptors (Lipinski definition) is 3. The van der Waals surface area contributed by atoms with E-state index in [1.807, 2.05) is 6.07 Å².